The van der Waals surface area contributed by atoms with Crippen LogP contribution in [0.3, 0.4) is 0 Å². The normalized spacial score (nSPS) is 11.2. The number of hydrogen-bond acceptors (Lipinski definition) is 30. The number of amides is 13. The first-order chi connectivity index (χ1) is 55.8. The zero-order chi connectivity index (χ0) is 86.2. The Kier molecular flexibility index (Phi) is 68.1. The largest absolute Gasteiger partial charge is 0.355 e. The van der Waals surface area contributed by atoms with Crippen LogP contribution in [-0.4, -0.2) is 378 Å². The lowest BCUT2D eigenvalue weighted by Crippen LogP contribution is -2.49. The second-order valence-corrected chi connectivity index (χ2v) is 27.7. The smallest absolute Gasteiger partial charge is 0.235 e. The van der Waals surface area contributed by atoms with E-state index in [1.54, 1.807) is 4.90 Å². The van der Waals surface area contributed by atoms with E-state index in [4.69, 9.17) is 45.9 Å². The van der Waals surface area contributed by atoms with Crippen molar-refractivity contribution in [2.45, 2.75) is 122 Å². The predicted octanol–water partition coefficient (Wildman–Crippen LogP) is -10.7. The molecule has 0 radical (unpaired) electrons. The van der Waals surface area contributed by atoms with Gasteiger partial charge in [0.05, 0.1) is 33.1 Å². The highest BCUT2D eigenvalue weighted by Crippen LogP contribution is 2.07. The lowest BCUT2D eigenvalue weighted by Gasteiger charge is -2.26. The Morgan fingerprint density at radius 3 is 0.716 bits per heavy atom. The van der Waals surface area contributed by atoms with Crippen LogP contribution < -0.4 is 115 Å². The van der Waals surface area contributed by atoms with Crippen molar-refractivity contribution in [1.29, 1.82) is 0 Å². The van der Waals surface area contributed by atoms with Crippen molar-refractivity contribution in [3.63, 3.8) is 0 Å². The van der Waals surface area contributed by atoms with Gasteiger partial charge in [-0.1, -0.05) is 6.92 Å². The molecule has 0 atom stereocenters. The molecule has 0 aromatic heterocycles. The molecule has 13 amide bonds. The SMILES string of the molecule is CCCC(=O)NCN(CC(=O)NCCN(CCC(=O)NCCN(CCC(=O)NCN)CCC(=O)NCCN)CCC(=O)NCCN(CCC(=O)NCCN)CCC(=O)NCCN)CC(=O)NCN(CCC(=O)CCCN(CCC(=O)NCCN)CCC(=O)NCCN)CCC(=O)NCCN(CCC(=O)CCCN)CCC(=O)NCCN. The van der Waals surface area contributed by atoms with Crippen molar-refractivity contribution in [1.82, 2.24) is 103 Å². The van der Waals surface area contributed by atoms with Crippen molar-refractivity contribution >= 4 is 88.4 Å². The number of carbonyl (C=O) groups is 15. The minimum absolute atomic E-state index is 0.00791. The van der Waals surface area contributed by atoms with Gasteiger partial charge in [0.1, 0.15) is 11.6 Å². The van der Waals surface area contributed by atoms with Gasteiger partial charge < -0.3 is 139 Å². The van der Waals surface area contributed by atoms with Crippen LogP contribution in [0.2, 0.25) is 0 Å². The number of rotatable bonds is 78. The van der Waals surface area contributed by atoms with Gasteiger partial charge in [0.15, 0.2) is 0 Å². The Balaban J connectivity index is 6.75. The highest BCUT2D eigenvalue weighted by molar-refractivity contribution is 5.83. The summed E-state index contributed by atoms with van der Waals surface area (Å²) in [5.41, 5.74) is 44.4. The number of nitrogens with one attached hydrogen (secondary N) is 13. The molecule has 0 fully saturated rings. The molecule has 0 aromatic rings. The molecule has 0 saturated carbocycles. The maximum absolute atomic E-state index is 14.0. The average molecular weight is 1660 g/mol. The monoisotopic (exact) mass is 1660 g/mol. The number of nitrogens with two attached hydrogens (primary N) is 8. The first kappa shape index (κ1) is 108. The van der Waals surface area contributed by atoms with Gasteiger partial charge in [-0.25, -0.2) is 0 Å². The van der Waals surface area contributed by atoms with Crippen molar-refractivity contribution in [3.05, 3.63) is 0 Å². The van der Waals surface area contributed by atoms with E-state index in [0.29, 0.717) is 137 Å². The van der Waals surface area contributed by atoms with Crippen molar-refractivity contribution in [2.24, 2.45) is 45.9 Å². The lowest BCUT2D eigenvalue weighted by atomic mass is 10.1. The summed E-state index contributed by atoms with van der Waals surface area (Å²) in [5, 5.41) is 36.1. The topological polar surface area (TPSA) is 643 Å². The van der Waals surface area contributed by atoms with Crippen LogP contribution in [0.5, 0.6) is 0 Å². The number of hydrogen-bond donors (Lipinski definition) is 21. The van der Waals surface area contributed by atoms with Gasteiger partial charge in [0.25, 0.3) is 0 Å². The molecular formula is C73H146N28O15. The zero-order valence-electron chi connectivity index (χ0n) is 69.2. The van der Waals surface area contributed by atoms with Gasteiger partial charge in [0.2, 0.25) is 76.8 Å². The number of nitrogens with zero attached hydrogens (tertiary/aromatic N) is 7. The third-order valence-electron chi connectivity index (χ3n) is 17.9. The molecule has 0 unspecified atom stereocenters. The van der Waals surface area contributed by atoms with E-state index in [0.717, 1.165) is 0 Å². The fourth-order valence-corrected chi connectivity index (χ4v) is 11.2. The summed E-state index contributed by atoms with van der Waals surface area (Å²) < 4.78 is 0. The summed E-state index contributed by atoms with van der Waals surface area (Å²) in [6, 6.07) is 0. The fourth-order valence-electron chi connectivity index (χ4n) is 11.2. The van der Waals surface area contributed by atoms with Gasteiger partial charge in [-0.3, -0.25) is 81.7 Å². The molecule has 0 aliphatic carbocycles. The van der Waals surface area contributed by atoms with Gasteiger partial charge >= 0.3 is 0 Å². The van der Waals surface area contributed by atoms with E-state index >= 15 is 0 Å². The van der Waals surface area contributed by atoms with Crippen LogP contribution in [0.25, 0.3) is 0 Å². The van der Waals surface area contributed by atoms with Gasteiger partial charge in [-0.15, -0.1) is 0 Å². The first-order valence-corrected chi connectivity index (χ1v) is 41.0. The van der Waals surface area contributed by atoms with Crippen LogP contribution in [0.4, 0.5) is 0 Å². The Hall–Kier alpha value is -8.15. The van der Waals surface area contributed by atoms with Gasteiger partial charge in [0, 0.05) is 306 Å². The number of carbonyl (C=O) groups excluding carboxylic acids is 15. The second-order valence-electron chi connectivity index (χ2n) is 27.7. The van der Waals surface area contributed by atoms with Crippen molar-refractivity contribution in [3.8, 4) is 0 Å². The van der Waals surface area contributed by atoms with Crippen LogP contribution in [-0.2, 0) is 71.9 Å². The third kappa shape index (κ3) is 65.0. The summed E-state index contributed by atoms with van der Waals surface area (Å²) in [6.07, 6.45) is 3.09. The van der Waals surface area contributed by atoms with Crippen LogP contribution in [0.15, 0.2) is 0 Å². The third-order valence-corrected chi connectivity index (χ3v) is 17.9. The average Bonchev–Trinajstić information content (AvgIpc) is 0.920. The van der Waals surface area contributed by atoms with Gasteiger partial charge in [-0.2, -0.15) is 0 Å². The molecule has 668 valence electrons. The molecular weight excluding hydrogens is 1510 g/mol. The highest BCUT2D eigenvalue weighted by Gasteiger charge is 2.22. The van der Waals surface area contributed by atoms with E-state index in [1.165, 1.54) is 4.90 Å². The first-order valence-electron chi connectivity index (χ1n) is 41.0. The zero-order valence-corrected chi connectivity index (χ0v) is 69.2. The Morgan fingerprint density at radius 1 is 0.198 bits per heavy atom. The standard InChI is InChI=1S/C73H146N28O15/c1-2-5-61(104)93-58-101(54-72(115)91-36-53-98(47-17-69(112)89-35-52-99(48-18-71(114)92-56-81)45-15-67(110)87-32-26-80)46-16-68(111)88-34-51-97(43-13-65(108)85-30-24-78)44-14-66(109)86-31-25-79)55-73(116)94-57-100(39-9-60(103)7-4-37-95(40-10-62(105)82-27-21-75)41-11-63(106)83-28-22-76)49-19-70(113)90-33-50-96(38-8-59(102)6-3-20-74)42-12-64(107)84-29-23-77/h2-58,74-81H2,1H3,(H,82,105)(H,83,106)(H,84,107)(H,85,108)(H,86,109)(H,87,110)(H,88,111)(H,89,112)(H,90,113)(H,91,115)(H,92,114)(H,93,104)(H,94,116). The molecule has 0 aliphatic heterocycles. The minimum atomic E-state index is -0.574. The maximum atomic E-state index is 14.0. The van der Waals surface area contributed by atoms with Crippen molar-refractivity contribution in [2.75, 3.05) is 256 Å². The summed E-state index contributed by atoms with van der Waals surface area (Å²) >= 11 is 0. The van der Waals surface area contributed by atoms with E-state index in [-0.39, 0.29) is 304 Å². The van der Waals surface area contributed by atoms with Crippen LogP contribution >= 0.6 is 0 Å². The summed E-state index contributed by atoms with van der Waals surface area (Å²) in [4.78, 5) is 207. The minimum Gasteiger partial charge on any atom is -0.355 e. The summed E-state index contributed by atoms with van der Waals surface area (Å²) in [7, 11) is 0. The molecule has 0 rings (SSSR count). The molecule has 43 nitrogen and oxygen atoms in total. The molecule has 29 N–H and O–H groups in total. The predicted molar refractivity (Wildman–Crippen MR) is 441 cm³/mol. The highest BCUT2D eigenvalue weighted by atomic mass is 16.2. The van der Waals surface area contributed by atoms with Gasteiger partial charge in [-0.05, 0) is 32.4 Å². The molecule has 0 bridgehead atoms. The Bertz CT molecular complexity index is 2660. The Morgan fingerprint density at radius 2 is 0.422 bits per heavy atom. The van der Waals surface area contributed by atoms with Crippen molar-refractivity contribution < 1.29 is 71.9 Å². The molecule has 0 spiro atoms. The summed E-state index contributed by atoms with van der Waals surface area (Å²) in [6.45, 7) is 9.30. The van der Waals surface area contributed by atoms with Crippen LogP contribution in [0.1, 0.15) is 122 Å². The van der Waals surface area contributed by atoms with E-state index in [2.05, 4.69) is 69.1 Å². The molecule has 116 heavy (non-hydrogen) atoms. The molecule has 0 saturated heterocycles. The molecule has 0 aliphatic rings. The molecule has 43 heteroatoms. The van der Waals surface area contributed by atoms with E-state index in [1.807, 2.05) is 31.4 Å². The number of Topliss-reactive ketones (excluding diaryl/α,β-unsaturated/α-hetero) is 2. The Labute approximate surface area is 685 Å². The fraction of sp³-hybridized carbons (Fsp3) is 0.795. The maximum Gasteiger partial charge on any atom is 0.235 e. The van der Waals surface area contributed by atoms with E-state index in [9.17, 15) is 71.9 Å². The molecule has 0 aromatic carbocycles. The second kappa shape index (κ2) is 73.2. The molecule has 0 heterocycles. The number of ketones is 2. The lowest BCUT2D eigenvalue weighted by molar-refractivity contribution is -0.128. The van der Waals surface area contributed by atoms with E-state index < -0.39 is 18.4 Å². The quantitative estimate of drug-likeness (QED) is 0.0251. The summed E-state index contributed by atoms with van der Waals surface area (Å²) in [5.74, 6) is -4.17. The van der Waals surface area contributed by atoms with Crippen LogP contribution in [0, 0.1) is 0 Å².